The van der Waals surface area contributed by atoms with Gasteiger partial charge in [0.1, 0.15) is 0 Å². The lowest BCUT2D eigenvalue weighted by Crippen LogP contribution is -2.49. The molecule has 1 atom stereocenters. The van der Waals surface area contributed by atoms with Gasteiger partial charge >= 0.3 is 0 Å². The van der Waals surface area contributed by atoms with Crippen molar-refractivity contribution < 1.29 is 19.2 Å². The molecule has 0 saturated carbocycles. The van der Waals surface area contributed by atoms with E-state index in [1.165, 1.54) is 24.1 Å². The molecule has 1 amide bonds. The number of nitro groups is 1. The van der Waals surface area contributed by atoms with E-state index in [0.717, 1.165) is 62.8 Å². The summed E-state index contributed by atoms with van der Waals surface area (Å²) in [5.74, 6) is 2.47. The number of fused-ring (bicyclic) bond motifs is 1. The van der Waals surface area contributed by atoms with E-state index in [4.69, 9.17) is 9.47 Å². The molecule has 9 heteroatoms. The van der Waals surface area contributed by atoms with Crippen LogP contribution in [0, 0.1) is 16.0 Å². The van der Waals surface area contributed by atoms with Crippen molar-refractivity contribution in [1.29, 1.82) is 0 Å². The van der Waals surface area contributed by atoms with Crippen molar-refractivity contribution in [2.24, 2.45) is 5.92 Å². The Morgan fingerprint density at radius 2 is 1.77 bits per heavy atom. The zero-order valence-corrected chi connectivity index (χ0v) is 19.9. The van der Waals surface area contributed by atoms with E-state index in [0.29, 0.717) is 32.2 Å². The standard InChI is InChI=1S/C26H32N4O5/c31-26(29-14-12-28(13-15-29)22-4-6-23(7-5-22)30(32)33)9-11-27-10-1-2-21(18-27)16-20-3-8-24-25(17-20)35-19-34-24/h3-8,17,21H,1-2,9-16,18-19H2. The Labute approximate surface area is 205 Å². The molecule has 0 bridgehead atoms. The first-order chi connectivity index (χ1) is 17.0. The van der Waals surface area contributed by atoms with E-state index in [1.54, 1.807) is 12.1 Å². The van der Waals surface area contributed by atoms with Crippen LogP contribution in [0.4, 0.5) is 11.4 Å². The first kappa shape index (κ1) is 23.4. The van der Waals surface area contributed by atoms with Crippen LogP contribution in [0.25, 0.3) is 0 Å². The summed E-state index contributed by atoms with van der Waals surface area (Å²) in [6, 6.07) is 12.9. The molecule has 2 aromatic rings. The molecule has 9 nitrogen and oxygen atoms in total. The van der Waals surface area contributed by atoms with Gasteiger partial charge in [-0.15, -0.1) is 0 Å². The minimum Gasteiger partial charge on any atom is -0.454 e. The molecule has 0 radical (unpaired) electrons. The van der Waals surface area contributed by atoms with Gasteiger partial charge in [0.2, 0.25) is 12.7 Å². The molecular formula is C26H32N4O5. The van der Waals surface area contributed by atoms with E-state index < -0.39 is 0 Å². The van der Waals surface area contributed by atoms with Crippen LogP contribution >= 0.6 is 0 Å². The third-order valence-corrected chi connectivity index (χ3v) is 7.26. The molecular weight excluding hydrogens is 448 g/mol. The second-order valence-electron chi connectivity index (χ2n) is 9.59. The molecule has 186 valence electrons. The maximum absolute atomic E-state index is 12.9. The second kappa shape index (κ2) is 10.5. The zero-order chi connectivity index (χ0) is 24.2. The van der Waals surface area contributed by atoms with Crippen molar-refractivity contribution in [2.75, 3.05) is 57.5 Å². The molecule has 3 heterocycles. The highest BCUT2D eigenvalue weighted by Crippen LogP contribution is 2.34. The van der Waals surface area contributed by atoms with Gasteiger partial charge in [0.15, 0.2) is 11.5 Å². The molecule has 2 saturated heterocycles. The summed E-state index contributed by atoms with van der Waals surface area (Å²) >= 11 is 0. The topological polar surface area (TPSA) is 88.4 Å². The first-order valence-electron chi connectivity index (χ1n) is 12.4. The van der Waals surface area contributed by atoms with E-state index in [9.17, 15) is 14.9 Å². The van der Waals surface area contributed by atoms with Crippen molar-refractivity contribution in [2.45, 2.75) is 25.7 Å². The number of amides is 1. The van der Waals surface area contributed by atoms with E-state index >= 15 is 0 Å². The molecule has 2 aromatic carbocycles. The molecule has 5 rings (SSSR count). The Morgan fingerprint density at radius 1 is 1.00 bits per heavy atom. The predicted octanol–water partition coefficient (Wildman–Crippen LogP) is 3.32. The third kappa shape index (κ3) is 5.67. The van der Waals surface area contributed by atoms with Crippen LogP contribution in [0.1, 0.15) is 24.8 Å². The van der Waals surface area contributed by atoms with Gasteiger partial charge in [0.05, 0.1) is 4.92 Å². The minimum atomic E-state index is -0.387. The SMILES string of the molecule is O=C(CCN1CCCC(Cc2ccc3c(c2)OCO3)C1)N1CCN(c2ccc([N+](=O)[O-])cc2)CC1. The number of piperazine rings is 1. The first-order valence-corrected chi connectivity index (χ1v) is 12.4. The number of non-ortho nitro benzene ring substituents is 1. The summed E-state index contributed by atoms with van der Waals surface area (Å²) in [5.41, 5.74) is 2.34. The van der Waals surface area contributed by atoms with E-state index in [-0.39, 0.29) is 16.5 Å². The fourth-order valence-corrected chi connectivity index (χ4v) is 5.33. The minimum absolute atomic E-state index is 0.0957. The van der Waals surface area contributed by atoms with Crippen molar-refractivity contribution in [3.05, 3.63) is 58.1 Å². The third-order valence-electron chi connectivity index (χ3n) is 7.26. The zero-order valence-electron chi connectivity index (χ0n) is 19.9. The molecule has 0 N–H and O–H groups in total. The number of benzene rings is 2. The molecule has 35 heavy (non-hydrogen) atoms. The summed E-state index contributed by atoms with van der Waals surface area (Å²) in [6.45, 7) is 6.03. The smallest absolute Gasteiger partial charge is 0.269 e. The Bertz CT molecular complexity index is 1050. The second-order valence-corrected chi connectivity index (χ2v) is 9.59. The summed E-state index contributed by atoms with van der Waals surface area (Å²) in [5, 5.41) is 10.9. The number of rotatable bonds is 7. The Hall–Kier alpha value is -3.33. The molecule has 0 aliphatic carbocycles. The number of ether oxygens (including phenoxy) is 2. The van der Waals surface area contributed by atoms with Crippen LogP contribution in [0.3, 0.4) is 0 Å². The lowest BCUT2D eigenvalue weighted by molar-refractivity contribution is -0.384. The number of nitrogens with zero attached hydrogens (tertiary/aromatic N) is 4. The van der Waals surface area contributed by atoms with Crippen LogP contribution in [-0.2, 0) is 11.2 Å². The Balaban J connectivity index is 1.05. The van der Waals surface area contributed by atoms with Crippen LogP contribution in [0.2, 0.25) is 0 Å². The fraction of sp³-hybridized carbons (Fsp3) is 0.500. The summed E-state index contributed by atoms with van der Waals surface area (Å²) in [4.78, 5) is 29.9. The quantitative estimate of drug-likeness (QED) is 0.444. The fourth-order valence-electron chi connectivity index (χ4n) is 5.33. The van der Waals surface area contributed by atoms with Gasteiger partial charge in [-0.2, -0.15) is 0 Å². The van der Waals surface area contributed by atoms with Crippen LogP contribution in [-0.4, -0.2) is 73.2 Å². The maximum Gasteiger partial charge on any atom is 0.269 e. The highest BCUT2D eigenvalue weighted by molar-refractivity contribution is 5.76. The summed E-state index contributed by atoms with van der Waals surface area (Å²) < 4.78 is 10.9. The number of anilines is 1. The average molecular weight is 481 g/mol. The average Bonchev–Trinajstić information content (AvgIpc) is 3.36. The largest absolute Gasteiger partial charge is 0.454 e. The van der Waals surface area contributed by atoms with Gasteiger partial charge in [-0.05, 0) is 61.6 Å². The van der Waals surface area contributed by atoms with Crippen LogP contribution in [0.15, 0.2) is 42.5 Å². The summed E-state index contributed by atoms with van der Waals surface area (Å²) in [7, 11) is 0. The van der Waals surface area contributed by atoms with Crippen LogP contribution in [0.5, 0.6) is 11.5 Å². The normalized spacial score (nSPS) is 20.2. The van der Waals surface area contributed by atoms with Gasteiger partial charge < -0.3 is 24.2 Å². The van der Waals surface area contributed by atoms with Gasteiger partial charge in [-0.3, -0.25) is 14.9 Å². The van der Waals surface area contributed by atoms with Gasteiger partial charge in [-0.25, -0.2) is 0 Å². The molecule has 0 spiro atoms. The number of nitro benzene ring substituents is 1. The monoisotopic (exact) mass is 480 g/mol. The molecule has 3 aliphatic heterocycles. The van der Waals surface area contributed by atoms with Crippen molar-refractivity contribution in [3.8, 4) is 11.5 Å². The molecule has 1 unspecified atom stereocenters. The number of carbonyl (C=O) groups is 1. The van der Waals surface area contributed by atoms with E-state index in [2.05, 4.69) is 21.9 Å². The van der Waals surface area contributed by atoms with Gasteiger partial charge in [-0.1, -0.05) is 6.07 Å². The predicted molar refractivity (Wildman–Crippen MR) is 132 cm³/mol. The highest BCUT2D eigenvalue weighted by Gasteiger charge is 2.25. The highest BCUT2D eigenvalue weighted by atomic mass is 16.7. The molecule has 0 aromatic heterocycles. The van der Waals surface area contributed by atoms with Gasteiger partial charge in [0.25, 0.3) is 5.69 Å². The number of hydrogen-bond acceptors (Lipinski definition) is 7. The van der Waals surface area contributed by atoms with Gasteiger partial charge in [0, 0.05) is 63.5 Å². The Morgan fingerprint density at radius 3 is 2.54 bits per heavy atom. The number of likely N-dealkylation sites (tertiary alicyclic amines) is 1. The van der Waals surface area contributed by atoms with E-state index in [1.807, 2.05) is 11.0 Å². The molecule has 3 aliphatic rings. The van der Waals surface area contributed by atoms with Crippen LogP contribution < -0.4 is 14.4 Å². The lowest BCUT2D eigenvalue weighted by atomic mass is 9.91. The Kier molecular flexibility index (Phi) is 7.03. The molecule has 2 fully saturated rings. The summed E-state index contributed by atoms with van der Waals surface area (Å²) in [6.07, 6.45) is 3.95. The van der Waals surface area contributed by atoms with Crippen molar-refractivity contribution >= 4 is 17.3 Å². The number of carbonyl (C=O) groups excluding carboxylic acids is 1. The number of hydrogen-bond donors (Lipinski definition) is 0. The lowest BCUT2D eigenvalue weighted by Gasteiger charge is -2.37. The number of piperidine rings is 1. The maximum atomic E-state index is 12.9. The van der Waals surface area contributed by atoms with Crippen molar-refractivity contribution in [1.82, 2.24) is 9.80 Å². The van der Waals surface area contributed by atoms with Crippen molar-refractivity contribution in [3.63, 3.8) is 0 Å².